The first-order valence-corrected chi connectivity index (χ1v) is 3.37. The second-order valence-electron chi connectivity index (χ2n) is 1.50. The maximum atomic E-state index is 5.33. The third kappa shape index (κ3) is 2.13. The first-order chi connectivity index (χ1) is 4.36. The van der Waals surface area contributed by atoms with Crippen molar-refractivity contribution in [3.63, 3.8) is 0 Å². The van der Waals surface area contributed by atoms with E-state index in [1.165, 1.54) is 11.3 Å². The highest BCUT2D eigenvalue weighted by Crippen LogP contribution is 2.18. The number of nitrogens with two attached hydrogens (primary N) is 1. The fourth-order valence-electron chi connectivity index (χ4n) is 0.478. The molecule has 58 valence electrons. The molecule has 0 aliphatic carbocycles. The fraction of sp³-hybridized carbons (Fsp3) is 0.400. The third-order valence-corrected chi connectivity index (χ3v) is 1.89. The Labute approximate surface area is 69.6 Å². The van der Waals surface area contributed by atoms with Gasteiger partial charge < -0.3 is 10.5 Å². The van der Waals surface area contributed by atoms with Crippen LogP contribution in [0.15, 0.2) is 6.20 Å². The van der Waals surface area contributed by atoms with Gasteiger partial charge in [0, 0.05) is 17.6 Å². The predicted octanol–water partition coefficient (Wildman–Crippen LogP) is 1.03. The molecule has 0 saturated carbocycles. The number of hydrogen-bond donors (Lipinski definition) is 1. The van der Waals surface area contributed by atoms with E-state index in [0.29, 0.717) is 11.7 Å². The average Bonchev–Trinajstić information content (AvgIpc) is 2.34. The molecule has 10 heavy (non-hydrogen) atoms. The topological polar surface area (TPSA) is 48.1 Å². The molecule has 5 heteroatoms. The van der Waals surface area contributed by atoms with Crippen LogP contribution in [0, 0.1) is 0 Å². The van der Waals surface area contributed by atoms with E-state index in [2.05, 4.69) is 4.98 Å². The van der Waals surface area contributed by atoms with Gasteiger partial charge in [-0.25, -0.2) is 4.98 Å². The highest BCUT2D eigenvalue weighted by molar-refractivity contribution is 7.13. The highest BCUT2D eigenvalue weighted by atomic mass is 35.5. The van der Waals surface area contributed by atoms with Crippen molar-refractivity contribution in [2.24, 2.45) is 5.73 Å². The molecule has 1 aromatic heterocycles. The van der Waals surface area contributed by atoms with Crippen LogP contribution in [0.5, 0.6) is 5.19 Å². The van der Waals surface area contributed by atoms with Gasteiger partial charge in [0.05, 0.1) is 7.11 Å². The van der Waals surface area contributed by atoms with Gasteiger partial charge in [-0.2, -0.15) is 0 Å². The fourth-order valence-corrected chi connectivity index (χ4v) is 1.08. The van der Waals surface area contributed by atoms with E-state index in [1.54, 1.807) is 13.3 Å². The van der Waals surface area contributed by atoms with Crippen LogP contribution >= 0.6 is 23.7 Å². The Morgan fingerprint density at radius 3 is 2.80 bits per heavy atom. The Balaban J connectivity index is 0.000000810. The van der Waals surface area contributed by atoms with Gasteiger partial charge in [-0.15, -0.1) is 12.4 Å². The smallest absolute Gasteiger partial charge is 0.273 e. The molecule has 0 atom stereocenters. The second-order valence-corrected chi connectivity index (χ2v) is 2.58. The molecular weight excluding hydrogens is 172 g/mol. The van der Waals surface area contributed by atoms with Crippen LogP contribution in [0.25, 0.3) is 0 Å². The molecule has 0 radical (unpaired) electrons. The Kier molecular flexibility index (Phi) is 4.34. The SMILES string of the molecule is COc1ncc(CN)s1.Cl. The molecule has 2 N–H and O–H groups in total. The van der Waals surface area contributed by atoms with Gasteiger partial charge in [-0.3, -0.25) is 0 Å². The molecule has 1 aromatic rings. The van der Waals surface area contributed by atoms with Crippen LogP contribution in [0.4, 0.5) is 0 Å². The summed E-state index contributed by atoms with van der Waals surface area (Å²) in [5, 5.41) is 0.676. The number of aromatic nitrogens is 1. The van der Waals surface area contributed by atoms with Crippen LogP contribution in [-0.2, 0) is 6.54 Å². The molecule has 0 unspecified atom stereocenters. The number of nitrogens with zero attached hydrogens (tertiary/aromatic N) is 1. The molecule has 1 rings (SSSR count). The van der Waals surface area contributed by atoms with Crippen molar-refractivity contribution in [1.82, 2.24) is 4.98 Å². The number of halogens is 1. The van der Waals surface area contributed by atoms with Gasteiger partial charge in [0.2, 0.25) is 0 Å². The summed E-state index contributed by atoms with van der Waals surface area (Å²) in [6.07, 6.45) is 1.73. The van der Waals surface area contributed by atoms with E-state index in [4.69, 9.17) is 10.5 Å². The summed E-state index contributed by atoms with van der Waals surface area (Å²) in [6, 6.07) is 0. The summed E-state index contributed by atoms with van der Waals surface area (Å²) in [6.45, 7) is 0.543. The Morgan fingerprint density at radius 1 is 1.80 bits per heavy atom. The van der Waals surface area contributed by atoms with Crippen LogP contribution in [0.1, 0.15) is 4.88 Å². The lowest BCUT2D eigenvalue weighted by atomic mass is 10.6. The van der Waals surface area contributed by atoms with Crippen molar-refractivity contribution >= 4 is 23.7 Å². The van der Waals surface area contributed by atoms with E-state index in [9.17, 15) is 0 Å². The largest absolute Gasteiger partial charge is 0.473 e. The Bertz CT molecular complexity index is 173. The number of methoxy groups -OCH3 is 1. The normalized spacial score (nSPS) is 8.60. The molecule has 0 aliphatic heterocycles. The van der Waals surface area contributed by atoms with Crippen molar-refractivity contribution < 1.29 is 4.74 Å². The van der Waals surface area contributed by atoms with Gasteiger partial charge in [0.1, 0.15) is 0 Å². The molecule has 0 amide bonds. The Hall–Kier alpha value is -0.320. The van der Waals surface area contributed by atoms with Gasteiger partial charge in [0.15, 0.2) is 0 Å². The molecule has 0 fully saturated rings. The number of thiazole rings is 1. The van der Waals surface area contributed by atoms with E-state index in [0.717, 1.165) is 4.88 Å². The van der Waals surface area contributed by atoms with Crippen molar-refractivity contribution in [3.05, 3.63) is 11.1 Å². The highest BCUT2D eigenvalue weighted by Gasteiger charge is 1.96. The monoisotopic (exact) mass is 180 g/mol. The molecule has 0 aliphatic rings. The third-order valence-electron chi connectivity index (χ3n) is 0.908. The average molecular weight is 181 g/mol. The number of rotatable bonds is 2. The van der Waals surface area contributed by atoms with E-state index in [-0.39, 0.29) is 12.4 Å². The molecule has 3 nitrogen and oxygen atoms in total. The van der Waals surface area contributed by atoms with E-state index < -0.39 is 0 Å². The van der Waals surface area contributed by atoms with E-state index >= 15 is 0 Å². The van der Waals surface area contributed by atoms with Gasteiger partial charge in [0.25, 0.3) is 5.19 Å². The Morgan fingerprint density at radius 2 is 2.50 bits per heavy atom. The standard InChI is InChI=1S/C5H8N2OS.ClH/c1-8-5-7-3-4(2-6)9-5;/h3H,2,6H2,1H3;1H. The van der Waals surface area contributed by atoms with Gasteiger partial charge >= 0.3 is 0 Å². The minimum absolute atomic E-state index is 0. The summed E-state index contributed by atoms with van der Waals surface area (Å²) in [5.41, 5.74) is 5.33. The molecular formula is C5H9ClN2OS. The summed E-state index contributed by atoms with van der Waals surface area (Å²) in [5.74, 6) is 0. The lowest BCUT2D eigenvalue weighted by molar-refractivity contribution is 0.412. The van der Waals surface area contributed by atoms with Gasteiger partial charge in [-0.05, 0) is 0 Å². The van der Waals surface area contributed by atoms with Gasteiger partial charge in [-0.1, -0.05) is 11.3 Å². The molecule has 0 aromatic carbocycles. The zero-order chi connectivity index (χ0) is 6.69. The van der Waals surface area contributed by atoms with Crippen molar-refractivity contribution in [2.45, 2.75) is 6.54 Å². The minimum Gasteiger partial charge on any atom is -0.473 e. The molecule has 0 spiro atoms. The summed E-state index contributed by atoms with van der Waals surface area (Å²) >= 11 is 1.47. The molecule has 0 bridgehead atoms. The first kappa shape index (κ1) is 9.68. The number of ether oxygens (including phenoxy) is 1. The second kappa shape index (κ2) is 4.49. The lowest BCUT2D eigenvalue weighted by Crippen LogP contribution is -1.91. The summed E-state index contributed by atoms with van der Waals surface area (Å²) in [4.78, 5) is 4.97. The number of hydrogen-bond acceptors (Lipinski definition) is 4. The van der Waals surface area contributed by atoms with Crippen molar-refractivity contribution in [2.75, 3.05) is 7.11 Å². The van der Waals surface area contributed by atoms with E-state index in [1.807, 2.05) is 0 Å². The maximum absolute atomic E-state index is 5.33. The summed E-state index contributed by atoms with van der Waals surface area (Å²) < 4.78 is 4.85. The molecule has 0 saturated heterocycles. The van der Waals surface area contributed by atoms with Crippen molar-refractivity contribution in [1.29, 1.82) is 0 Å². The quantitative estimate of drug-likeness (QED) is 0.740. The molecule has 1 heterocycles. The lowest BCUT2D eigenvalue weighted by Gasteiger charge is -1.86. The maximum Gasteiger partial charge on any atom is 0.273 e. The van der Waals surface area contributed by atoms with Crippen LogP contribution in [0.3, 0.4) is 0 Å². The first-order valence-electron chi connectivity index (χ1n) is 2.55. The summed E-state index contributed by atoms with van der Waals surface area (Å²) in [7, 11) is 1.60. The zero-order valence-electron chi connectivity index (χ0n) is 5.53. The van der Waals surface area contributed by atoms with Crippen molar-refractivity contribution in [3.8, 4) is 5.19 Å². The van der Waals surface area contributed by atoms with Crippen LogP contribution in [-0.4, -0.2) is 12.1 Å². The van der Waals surface area contributed by atoms with Crippen LogP contribution in [0.2, 0.25) is 0 Å². The van der Waals surface area contributed by atoms with Crippen LogP contribution < -0.4 is 10.5 Å². The predicted molar refractivity (Wildman–Crippen MR) is 43.8 cm³/mol. The minimum atomic E-state index is 0. The zero-order valence-corrected chi connectivity index (χ0v) is 7.17.